The number of halogens is 2. The highest BCUT2D eigenvalue weighted by molar-refractivity contribution is 5.86. The summed E-state index contributed by atoms with van der Waals surface area (Å²) in [6, 6.07) is 3.55. The Bertz CT molecular complexity index is 1070. The van der Waals surface area contributed by atoms with Gasteiger partial charge in [0.25, 0.3) is 5.91 Å². The fourth-order valence-electron chi connectivity index (χ4n) is 6.94. The number of benzene rings is 1. The lowest BCUT2D eigenvalue weighted by Crippen LogP contribution is -2.64. The number of nitrogens with zero attached hydrogens (tertiary/aromatic N) is 3. The lowest BCUT2D eigenvalue weighted by molar-refractivity contribution is -0.134. The van der Waals surface area contributed by atoms with Gasteiger partial charge >= 0.3 is 6.09 Å². The Morgan fingerprint density at radius 3 is 2.77 bits per heavy atom. The van der Waals surface area contributed by atoms with Gasteiger partial charge in [-0.05, 0) is 50.9 Å². The van der Waals surface area contributed by atoms with Crippen molar-refractivity contribution in [1.82, 2.24) is 14.8 Å². The first kappa shape index (κ1) is 26.0. The quantitative estimate of drug-likeness (QED) is 0.261. The van der Waals surface area contributed by atoms with Crippen molar-refractivity contribution in [2.75, 3.05) is 27.2 Å². The molecule has 0 radical (unpaired) electrons. The van der Waals surface area contributed by atoms with E-state index in [1.807, 2.05) is 12.1 Å². The van der Waals surface area contributed by atoms with Gasteiger partial charge in [0.1, 0.15) is 18.2 Å². The molecule has 6 rings (SSSR count). The van der Waals surface area contributed by atoms with Crippen molar-refractivity contribution in [3.63, 3.8) is 0 Å². The van der Waals surface area contributed by atoms with Crippen molar-refractivity contribution < 1.29 is 24.2 Å². The highest BCUT2D eigenvalue weighted by Crippen LogP contribution is 2.62. The van der Waals surface area contributed by atoms with E-state index in [9.17, 15) is 14.7 Å². The van der Waals surface area contributed by atoms with Crippen LogP contribution in [0.1, 0.15) is 30.4 Å². The van der Waals surface area contributed by atoms with Gasteiger partial charge in [-0.3, -0.25) is 14.7 Å². The molecule has 0 aromatic heterocycles. The molecule has 2 bridgehead atoms. The number of amides is 2. The Morgan fingerprint density at radius 1 is 1.26 bits per heavy atom. The molecule has 2 aliphatic carbocycles. The van der Waals surface area contributed by atoms with E-state index in [1.165, 1.54) is 17.5 Å². The zero-order valence-electron chi connectivity index (χ0n) is 19.8. The van der Waals surface area contributed by atoms with Crippen LogP contribution in [0.5, 0.6) is 11.5 Å². The van der Waals surface area contributed by atoms with Gasteiger partial charge in [0.2, 0.25) is 0 Å². The van der Waals surface area contributed by atoms with Crippen molar-refractivity contribution in [3.8, 4) is 11.5 Å². The van der Waals surface area contributed by atoms with E-state index in [1.54, 1.807) is 6.07 Å². The summed E-state index contributed by atoms with van der Waals surface area (Å²) in [5.74, 6) is 6.48. The van der Waals surface area contributed by atoms with E-state index >= 15 is 0 Å². The van der Waals surface area contributed by atoms with E-state index in [0.29, 0.717) is 36.9 Å². The van der Waals surface area contributed by atoms with Crippen LogP contribution in [-0.4, -0.2) is 83.4 Å². The summed E-state index contributed by atoms with van der Waals surface area (Å²) in [7, 11) is 3.64. The van der Waals surface area contributed by atoms with Gasteiger partial charge in [-0.2, -0.15) is 0 Å². The SMILES string of the molecule is CN(N)C(=O)[C@@H]1CCCN1C(=O)Oc1ccc2c3c1O[C@H]1[C@@H](O)C=CC4C(C2)N(C)CC[C@@]341.Cl.Cl. The molecule has 6 atom stereocenters. The lowest BCUT2D eigenvalue weighted by atomic mass is 9.53. The number of ether oxygens (including phenoxy) is 2. The Hall–Kier alpha value is -2.04. The summed E-state index contributed by atoms with van der Waals surface area (Å²) in [6.07, 6.45) is 5.36. The molecular weight excluding hydrogens is 495 g/mol. The van der Waals surface area contributed by atoms with Crippen molar-refractivity contribution in [2.24, 2.45) is 11.8 Å². The zero-order chi connectivity index (χ0) is 23.1. The molecule has 1 aromatic rings. The van der Waals surface area contributed by atoms with Crippen LogP contribution >= 0.6 is 24.8 Å². The van der Waals surface area contributed by atoms with Crippen LogP contribution in [0.25, 0.3) is 0 Å². The second-order valence-electron chi connectivity index (χ2n) is 10.1. The molecule has 35 heavy (non-hydrogen) atoms. The Labute approximate surface area is 217 Å². The van der Waals surface area contributed by atoms with E-state index in [0.717, 1.165) is 30.0 Å². The van der Waals surface area contributed by atoms with Gasteiger partial charge in [-0.25, -0.2) is 10.6 Å². The summed E-state index contributed by atoms with van der Waals surface area (Å²) in [6.45, 7) is 1.37. The molecule has 5 aliphatic rings. The maximum absolute atomic E-state index is 13.1. The fraction of sp³-hybridized carbons (Fsp3) is 0.583. The highest BCUT2D eigenvalue weighted by Gasteiger charge is 2.64. The average molecular weight is 527 g/mol. The molecule has 2 unspecified atom stereocenters. The minimum atomic E-state index is -0.715. The number of rotatable bonds is 2. The molecule has 3 heterocycles. The number of carbonyl (C=O) groups excluding carboxylic acids is 2. The number of likely N-dealkylation sites (N-methyl/N-ethyl adjacent to an activating group) is 2. The predicted octanol–water partition coefficient (Wildman–Crippen LogP) is 1.63. The molecule has 9 nitrogen and oxygen atoms in total. The van der Waals surface area contributed by atoms with E-state index in [4.69, 9.17) is 15.3 Å². The van der Waals surface area contributed by atoms with Gasteiger partial charge in [0.05, 0.1) is 0 Å². The van der Waals surface area contributed by atoms with Crippen molar-refractivity contribution in [2.45, 2.75) is 55.4 Å². The third-order valence-electron chi connectivity index (χ3n) is 8.45. The van der Waals surface area contributed by atoms with Crippen LogP contribution in [0.3, 0.4) is 0 Å². The van der Waals surface area contributed by atoms with Crippen molar-refractivity contribution >= 4 is 36.8 Å². The molecular formula is C24H32Cl2N4O5. The molecule has 11 heteroatoms. The molecule has 2 saturated heterocycles. The molecule has 1 aromatic carbocycles. The molecule has 2 fully saturated rings. The molecule has 192 valence electrons. The molecule has 3 aliphatic heterocycles. The summed E-state index contributed by atoms with van der Waals surface area (Å²) in [5, 5.41) is 11.9. The van der Waals surface area contributed by atoms with E-state index in [-0.39, 0.29) is 42.1 Å². The van der Waals surface area contributed by atoms with Gasteiger partial charge < -0.3 is 19.5 Å². The normalized spacial score (nSPS) is 33.7. The number of carbonyl (C=O) groups is 2. The monoisotopic (exact) mass is 526 g/mol. The van der Waals surface area contributed by atoms with Crippen LogP contribution in [-0.2, 0) is 16.6 Å². The molecule has 0 saturated carbocycles. The number of nitrogens with two attached hydrogens (primary N) is 1. The third-order valence-corrected chi connectivity index (χ3v) is 8.45. The van der Waals surface area contributed by atoms with Crippen molar-refractivity contribution in [1.29, 1.82) is 0 Å². The number of piperidine rings is 1. The third kappa shape index (κ3) is 3.54. The molecule has 1 spiro atoms. The van der Waals surface area contributed by atoms with Gasteiger partial charge in [0.15, 0.2) is 11.5 Å². The average Bonchev–Trinajstić information content (AvgIpc) is 3.41. The summed E-state index contributed by atoms with van der Waals surface area (Å²) < 4.78 is 12.3. The van der Waals surface area contributed by atoms with Gasteiger partial charge in [-0.15, -0.1) is 24.8 Å². The minimum Gasteiger partial charge on any atom is -0.482 e. The number of hydrogen-bond donors (Lipinski definition) is 2. The smallest absolute Gasteiger partial charge is 0.416 e. The van der Waals surface area contributed by atoms with Crippen LogP contribution in [0.2, 0.25) is 0 Å². The second-order valence-corrected chi connectivity index (χ2v) is 10.1. The Morgan fingerprint density at radius 2 is 2.03 bits per heavy atom. The van der Waals surface area contributed by atoms with Gasteiger partial charge in [-0.1, -0.05) is 18.2 Å². The first-order chi connectivity index (χ1) is 15.8. The maximum Gasteiger partial charge on any atom is 0.416 e. The van der Waals surface area contributed by atoms with Crippen LogP contribution in [0, 0.1) is 5.92 Å². The summed E-state index contributed by atoms with van der Waals surface area (Å²) in [4.78, 5) is 29.4. The fourth-order valence-corrected chi connectivity index (χ4v) is 6.94. The Kier molecular flexibility index (Phi) is 6.78. The van der Waals surface area contributed by atoms with Crippen LogP contribution < -0.4 is 15.3 Å². The summed E-state index contributed by atoms with van der Waals surface area (Å²) >= 11 is 0. The number of hydrazine groups is 1. The van der Waals surface area contributed by atoms with Crippen LogP contribution in [0.4, 0.5) is 4.79 Å². The molecule has 3 N–H and O–H groups in total. The second kappa shape index (κ2) is 9.12. The standard InChI is InChI=1S/C24H30N4O5.2ClH/c1-26-11-9-24-14-6-7-17(29)21(24)33-20-18(8-5-13(19(20)24)12-16(14)26)32-23(31)28-10-3-4-15(28)22(30)27(2)25;;/h5-8,14-17,21,29H,3-4,9-12,25H2,1-2H3;2*1H/t14?,15-,16?,17-,21-,24-;;/m0../s1. The number of likely N-dealkylation sites (tertiary alicyclic amines) is 2. The minimum absolute atomic E-state index is 0. The first-order valence-electron chi connectivity index (χ1n) is 11.7. The lowest BCUT2D eigenvalue weighted by Gasteiger charge is -2.56. The maximum atomic E-state index is 13.1. The largest absolute Gasteiger partial charge is 0.482 e. The Balaban J connectivity index is 0.00000144. The van der Waals surface area contributed by atoms with E-state index < -0.39 is 24.3 Å². The number of aliphatic hydroxyl groups is 1. The predicted molar refractivity (Wildman–Crippen MR) is 133 cm³/mol. The zero-order valence-corrected chi connectivity index (χ0v) is 21.4. The topological polar surface area (TPSA) is 109 Å². The number of aliphatic hydroxyl groups excluding tert-OH is 1. The number of hydrogen-bond acceptors (Lipinski definition) is 7. The first-order valence-corrected chi connectivity index (χ1v) is 11.7. The summed E-state index contributed by atoms with van der Waals surface area (Å²) in [5.41, 5.74) is 1.97. The van der Waals surface area contributed by atoms with Crippen molar-refractivity contribution in [3.05, 3.63) is 35.4 Å². The highest BCUT2D eigenvalue weighted by atomic mass is 35.5. The van der Waals surface area contributed by atoms with Gasteiger partial charge in [0, 0.05) is 36.5 Å². The molecule has 2 amide bonds. The van der Waals surface area contributed by atoms with E-state index in [2.05, 4.69) is 18.0 Å². The van der Waals surface area contributed by atoms with Crippen LogP contribution in [0.15, 0.2) is 24.3 Å².